The number of β-lactam (4-membered cyclic amide) rings is 1. The highest BCUT2D eigenvalue weighted by molar-refractivity contribution is 5.96. The molecule has 2 aromatic carbocycles. The van der Waals surface area contributed by atoms with Crippen LogP contribution in [0.2, 0.25) is 0 Å². The fourth-order valence-corrected chi connectivity index (χ4v) is 3.07. The third-order valence-corrected chi connectivity index (χ3v) is 4.59. The minimum absolute atomic E-state index is 0.0420. The van der Waals surface area contributed by atoms with Crippen molar-refractivity contribution >= 4 is 17.8 Å². The van der Waals surface area contributed by atoms with Gasteiger partial charge in [0.05, 0.1) is 6.54 Å². The highest BCUT2D eigenvalue weighted by Gasteiger charge is 2.45. The van der Waals surface area contributed by atoms with E-state index in [1.807, 2.05) is 0 Å². The van der Waals surface area contributed by atoms with Gasteiger partial charge in [-0.05, 0) is 35.4 Å². The van der Waals surface area contributed by atoms with Crippen LogP contribution in [0.1, 0.15) is 23.2 Å². The zero-order valence-corrected chi connectivity index (χ0v) is 14.9. The lowest BCUT2D eigenvalue weighted by Crippen LogP contribution is -2.65. The van der Waals surface area contributed by atoms with Gasteiger partial charge >= 0.3 is 5.97 Å². The monoisotopic (exact) mass is 399 g/mol. The van der Waals surface area contributed by atoms with Crippen LogP contribution in [-0.2, 0) is 14.4 Å². The van der Waals surface area contributed by atoms with E-state index < -0.39 is 35.9 Å². The summed E-state index contributed by atoms with van der Waals surface area (Å²) in [4.78, 5) is 48.6. The Kier molecular flexibility index (Phi) is 5.44. The van der Waals surface area contributed by atoms with Gasteiger partial charge in [-0.3, -0.25) is 9.59 Å². The number of amides is 2. The summed E-state index contributed by atoms with van der Waals surface area (Å²) in [7, 11) is 0. The molecule has 10 heteroatoms. The summed E-state index contributed by atoms with van der Waals surface area (Å²) >= 11 is 0. The van der Waals surface area contributed by atoms with E-state index in [1.165, 1.54) is 48.5 Å². The smallest absolute Gasteiger partial charge is 0.331 e. The summed E-state index contributed by atoms with van der Waals surface area (Å²) in [6, 6.07) is 7.07. The molecular weight excluding hydrogens is 382 g/mol. The normalized spacial score (nSPS) is 17.7. The van der Waals surface area contributed by atoms with Crippen molar-refractivity contribution in [2.45, 2.75) is 18.1 Å². The number of phenolic OH excluding ortho intramolecular Hbond substituents is 2. The van der Waals surface area contributed by atoms with Crippen LogP contribution in [0.15, 0.2) is 53.7 Å². The molecule has 1 aliphatic rings. The van der Waals surface area contributed by atoms with Crippen LogP contribution in [0.3, 0.4) is 0 Å². The number of nitrogens with zero attached hydrogens (tertiary/aromatic N) is 2. The molecule has 1 aliphatic heterocycles. The predicted molar refractivity (Wildman–Crippen MR) is 98.8 cm³/mol. The van der Waals surface area contributed by atoms with E-state index in [9.17, 15) is 34.6 Å². The van der Waals surface area contributed by atoms with Crippen molar-refractivity contribution in [3.05, 3.63) is 64.6 Å². The lowest BCUT2D eigenvalue weighted by atomic mass is 9.97. The first-order chi connectivity index (χ1) is 13.8. The number of aromatic hydroxyl groups is 2. The van der Waals surface area contributed by atoms with Crippen LogP contribution < -0.4 is 5.32 Å². The first-order valence-electron chi connectivity index (χ1n) is 8.56. The Morgan fingerprint density at radius 1 is 1.00 bits per heavy atom. The zero-order valence-electron chi connectivity index (χ0n) is 14.9. The molecule has 2 amide bonds. The first-order valence-corrected chi connectivity index (χ1v) is 8.56. The largest absolute Gasteiger partial charge is 0.508 e. The molecule has 1 saturated heterocycles. The number of phenols is 2. The zero-order chi connectivity index (χ0) is 21.1. The molecule has 1 heterocycles. The van der Waals surface area contributed by atoms with Gasteiger partial charge in [0.25, 0.3) is 5.91 Å². The highest BCUT2D eigenvalue weighted by Crippen LogP contribution is 2.29. The van der Waals surface area contributed by atoms with E-state index in [-0.39, 0.29) is 23.6 Å². The third kappa shape index (κ3) is 4.00. The number of likely N-dealkylation sites (tertiary alicyclic amines) is 1. The Morgan fingerprint density at radius 2 is 1.52 bits per heavy atom. The SMILES string of the molecule is O=NC(C(=O)NC1CN(C(C(=O)O)c2ccc(O)cc2)C1=O)c1ccc(O)cc1. The molecule has 3 atom stereocenters. The molecule has 3 rings (SSSR count). The average molecular weight is 399 g/mol. The molecule has 4 N–H and O–H groups in total. The molecule has 3 unspecified atom stereocenters. The van der Waals surface area contributed by atoms with Crippen molar-refractivity contribution in [3.63, 3.8) is 0 Å². The van der Waals surface area contributed by atoms with E-state index in [0.717, 1.165) is 4.90 Å². The number of nitroso groups, excluding NO2 is 1. The van der Waals surface area contributed by atoms with Gasteiger partial charge in [-0.2, -0.15) is 0 Å². The maximum absolute atomic E-state index is 12.4. The summed E-state index contributed by atoms with van der Waals surface area (Å²) in [5, 5.41) is 33.3. The van der Waals surface area contributed by atoms with Crippen molar-refractivity contribution in [2.24, 2.45) is 5.18 Å². The molecule has 0 bridgehead atoms. The Labute approximate surface area is 164 Å². The molecule has 0 spiro atoms. The van der Waals surface area contributed by atoms with Crippen LogP contribution in [0.25, 0.3) is 0 Å². The maximum atomic E-state index is 12.4. The number of aliphatic carboxylic acids is 1. The van der Waals surface area contributed by atoms with Crippen LogP contribution >= 0.6 is 0 Å². The van der Waals surface area contributed by atoms with Gasteiger partial charge in [-0.1, -0.05) is 29.4 Å². The van der Waals surface area contributed by atoms with Gasteiger partial charge in [0.15, 0.2) is 12.1 Å². The summed E-state index contributed by atoms with van der Waals surface area (Å²) in [6.45, 7) is -0.0659. The van der Waals surface area contributed by atoms with Crippen LogP contribution in [-0.4, -0.2) is 50.6 Å². The molecule has 150 valence electrons. The van der Waals surface area contributed by atoms with Crippen molar-refractivity contribution in [1.82, 2.24) is 10.2 Å². The fraction of sp³-hybridized carbons (Fsp3) is 0.211. The number of rotatable bonds is 7. The van der Waals surface area contributed by atoms with Crippen molar-refractivity contribution in [3.8, 4) is 11.5 Å². The van der Waals surface area contributed by atoms with E-state index in [4.69, 9.17) is 0 Å². The van der Waals surface area contributed by atoms with Crippen molar-refractivity contribution in [2.75, 3.05) is 6.54 Å². The predicted octanol–water partition coefficient (Wildman–Crippen LogP) is 1.06. The molecule has 0 aliphatic carbocycles. The Hall–Kier alpha value is -3.95. The second kappa shape index (κ2) is 7.97. The van der Waals surface area contributed by atoms with Gasteiger partial charge in [0, 0.05) is 0 Å². The maximum Gasteiger partial charge on any atom is 0.331 e. The molecule has 0 saturated carbocycles. The van der Waals surface area contributed by atoms with Crippen molar-refractivity contribution < 1.29 is 29.7 Å². The molecule has 2 aromatic rings. The fourth-order valence-electron chi connectivity index (χ4n) is 3.07. The first kappa shape index (κ1) is 19.8. The number of carbonyl (C=O) groups is 3. The Morgan fingerprint density at radius 3 is 1.97 bits per heavy atom. The number of carboxylic acids is 1. The molecule has 29 heavy (non-hydrogen) atoms. The number of carbonyl (C=O) groups excluding carboxylic acids is 2. The number of hydrogen-bond donors (Lipinski definition) is 4. The molecular formula is C19H17N3O7. The van der Waals surface area contributed by atoms with E-state index >= 15 is 0 Å². The number of carboxylic acid groups (broad SMARTS) is 1. The third-order valence-electron chi connectivity index (χ3n) is 4.59. The topological polar surface area (TPSA) is 157 Å². The van der Waals surface area contributed by atoms with Gasteiger partial charge < -0.3 is 25.5 Å². The lowest BCUT2D eigenvalue weighted by molar-refractivity contribution is -0.160. The quantitative estimate of drug-likeness (QED) is 0.400. The standard InChI is InChI=1S/C19H17N3O7/c23-12-5-1-10(2-6-12)15(21-29)17(25)20-14-9-22(18(14)26)16(19(27)28)11-3-7-13(24)8-4-11/h1-8,14-16,23-24H,9H2,(H,20,25)(H,27,28). The van der Waals surface area contributed by atoms with Crippen molar-refractivity contribution in [1.29, 1.82) is 0 Å². The number of benzene rings is 2. The number of nitrogens with one attached hydrogen (secondary N) is 1. The minimum Gasteiger partial charge on any atom is -0.508 e. The highest BCUT2D eigenvalue weighted by atomic mass is 16.4. The summed E-state index contributed by atoms with van der Waals surface area (Å²) in [6.07, 6.45) is 0. The Balaban J connectivity index is 1.68. The molecule has 0 aromatic heterocycles. The van der Waals surface area contributed by atoms with Gasteiger partial charge in [-0.25, -0.2) is 4.79 Å². The van der Waals surface area contributed by atoms with Crippen LogP contribution in [0.4, 0.5) is 0 Å². The summed E-state index contributed by atoms with van der Waals surface area (Å²) in [5.74, 6) is -2.77. The second-order valence-electron chi connectivity index (χ2n) is 6.48. The van der Waals surface area contributed by atoms with Gasteiger partial charge in [0.1, 0.15) is 17.5 Å². The van der Waals surface area contributed by atoms with Crippen LogP contribution in [0, 0.1) is 4.91 Å². The molecule has 10 nitrogen and oxygen atoms in total. The van der Waals surface area contributed by atoms with Crippen LogP contribution in [0.5, 0.6) is 11.5 Å². The number of hydrogen-bond acceptors (Lipinski definition) is 7. The van der Waals surface area contributed by atoms with E-state index in [2.05, 4.69) is 10.5 Å². The summed E-state index contributed by atoms with van der Waals surface area (Å²) < 4.78 is 0. The molecule has 1 fully saturated rings. The van der Waals surface area contributed by atoms with E-state index in [1.54, 1.807) is 0 Å². The summed E-state index contributed by atoms with van der Waals surface area (Å²) in [5.41, 5.74) is 0.538. The Bertz CT molecular complexity index is 943. The van der Waals surface area contributed by atoms with E-state index in [0.29, 0.717) is 5.56 Å². The average Bonchev–Trinajstić information content (AvgIpc) is 2.69. The van der Waals surface area contributed by atoms with Gasteiger partial charge in [-0.15, -0.1) is 4.91 Å². The second-order valence-corrected chi connectivity index (χ2v) is 6.48. The lowest BCUT2D eigenvalue weighted by Gasteiger charge is -2.42. The minimum atomic E-state index is -1.41. The van der Waals surface area contributed by atoms with Gasteiger partial charge in [0.2, 0.25) is 5.91 Å². The molecule has 0 radical (unpaired) electrons.